The van der Waals surface area contributed by atoms with Crippen LogP contribution >= 0.6 is 27.5 Å². The number of aromatic nitrogens is 3. The summed E-state index contributed by atoms with van der Waals surface area (Å²) < 4.78 is 7.41. The van der Waals surface area contributed by atoms with E-state index in [1.165, 1.54) is 4.57 Å². The number of aliphatic hydroxyl groups excluding tert-OH is 2. The molecule has 8 nitrogen and oxygen atoms in total. The van der Waals surface area contributed by atoms with E-state index >= 15 is 0 Å². The minimum Gasteiger partial charge on any atom is -0.394 e. The van der Waals surface area contributed by atoms with Gasteiger partial charge in [-0.2, -0.15) is 4.98 Å². The van der Waals surface area contributed by atoms with Crippen LogP contribution in [0.15, 0.2) is 9.27 Å². The number of ether oxygens (including phenoxy) is 1. The molecule has 10 heteroatoms. The van der Waals surface area contributed by atoms with Gasteiger partial charge in [0.1, 0.15) is 22.9 Å². The van der Waals surface area contributed by atoms with Gasteiger partial charge in [-0.15, -0.1) is 0 Å². The van der Waals surface area contributed by atoms with Crippen molar-refractivity contribution in [2.45, 2.75) is 24.9 Å². The molecular formula is C11H12BrClN4O4. The van der Waals surface area contributed by atoms with Gasteiger partial charge in [0.2, 0.25) is 5.95 Å². The molecule has 0 spiro atoms. The Bertz CT molecular complexity index is 761. The van der Waals surface area contributed by atoms with Crippen molar-refractivity contribution in [2.24, 2.45) is 0 Å². The Kier molecular flexibility index (Phi) is 3.70. The quantitative estimate of drug-likeness (QED) is 0.597. The van der Waals surface area contributed by atoms with Gasteiger partial charge in [0, 0.05) is 6.42 Å². The topological polar surface area (TPSA) is 126 Å². The first-order chi connectivity index (χ1) is 9.93. The Morgan fingerprint density at radius 3 is 2.95 bits per heavy atom. The molecule has 1 fully saturated rings. The molecule has 0 saturated carbocycles. The highest BCUT2D eigenvalue weighted by molar-refractivity contribution is 9.10. The van der Waals surface area contributed by atoms with Gasteiger partial charge >= 0.3 is 0 Å². The molecule has 0 unspecified atom stereocenters. The van der Waals surface area contributed by atoms with Crippen LogP contribution in [0.25, 0.3) is 11.0 Å². The Morgan fingerprint density at radius 2 is 2.33 bits per heavy atom. The summed E-state index contributed by atoms with van der Waals surface area (Å²) in [4.78, 5) is 18.5. The summed E-state index contributed by atoms with van der Waals surface area (Å²) in [5.74, 6) is -0.0485. The number of aliphatic hydroxyl groups is 2. The predicted molar refractivity (Wildman–Crippen MR) is 79.1 cm³/mol. The number of nitrogens with zero attached hydrogens (tertiary/aromatic N) is 2. The van der Waals surface area contributed by atoms with Crippen molar-refractivity contribution in [3.8, 4) is 0 Å². The lowest BCUT2D eigenvalue weighted by molar-refractivity contribution is -0.0429. The van der Waals surface area contributed by atoms with Crippen LogP contribution in [-0.4, -0.2) is 43.6 Å². The van der Waals surface area contributed by atoms with Gasteiger partial charge in [-0.3, -0.25) is 14.3 Å². The summed E-state index contributed by atoms with van der Waals surface area (Å²) in [6, 6.07) is 0. The zero-order chi connectivity index (χ0) is 15.3. The van der Waals surface area contributed by atoms with Crippen molar-refractivity contribution >= 4 is 44.5 Å². The smallest absolute Gasteiger partial charge is 0.263 e. The Labute approximate surface area is 131 Å². The summed E-state index contributed by atoms with van der Waals surface area (Å²) >= 11 is 9.49. The molecule has 1 saturated heterocycles. The highest BCUT2D eigenvalue weighted by atomic mass is 79.9. The van der Waals surface area contributed by atoms with Gasteiger partial charge < -0.3 is 20.7 Å². The molecule has 0 aromatic carbocycles. The molecule has 1 aliphatic heterocycles. The van der Waals surface area contributed by atoms with Crippen LogP contribution in [0, 0.1) is 0 Å². The maximum atomic E-state index is 12.0. The molecule has 3 heterocycles. The molecule has 0 amide bonds. The number of halogens is 2. The summed E-state index contributed by atoms with van der Waals surface area (Å²) in [6.07, 6.45) is -1.96. The molecule has 0 aliphatic carbocycles. The molecule has 0 bridgehead atoms. The van der Waals surface area contributed by atoms with Crippen LogP contribution in [0.4, 0.5) is 5.95 Å². The van der Waals surface area contributed by atoms with Crippen molar-refractivity contribution in [3.63, 3.8) is 0 Å². The largest absolute Gasteiger partial charge is 0.394 e. The second kappa shape index (κ2) is 5.25. The second-order valence-electron chi connectivity index (χ2n) is 4.74. The van der Waals surface area contributed by atoms with Crippen LogP contribution in [0.2, 0.25) is 5.15 Å². The van der Waals surface area contributed by atoms with Crippen LogP contribution in [-0.2, 0) is 4.74 Å². The SMILES string of the molecule is Nc1nc2c(c(Br)c(Cl)n2[C@@H]2C[C@H](O)[C@@H](CO)O2)c(=O)[nH]1. The highest BCUT2D eigenvalue weighted by Gasteiger charge is 2.37. The summed E-state index contributed by atoms with van der Waals surface area (Å²) in [6.45, 7) is -0.314. The number of H-pyrrole nitrogens is 1. The summed E-state index contributed by atoms with van der Waals surface area (Å²) in [7, 11) is 0. The van der Waals surface area contributed by atoms with Crippen LogP contribution in [0.3, 0.4) is 0 Å². The molecular weight excluding hydrogens is 368 g/mol. The standard InChI is InChI=1S/C11H12BrClN4O4/c12-7-6-9(15-11(14)16-10(6)20)17(8(7)13)5-1-3(19)4(2-18)21-5/h3-5,18-19H,1-2H2,(H3,14,15,16,20)/t3-,4+,5-/m0/s1. The average molecular weight is 380 g/mol. The minimum atomic E-state index is -0.827. The van der Waals surface area contributed by atoms with E-state index in [1.807, 2.05) is 0 Å². The van der Waals surface area contributed by atoms with Gasteiger partial charge in [-0.1, -0.05) is 11.6 Å². The fraction of sp³-hybridized carbons (Fsp3) is 0.455. The van der Waals surface area contributed by atoms with E-state index in [0.717, 1.165) is 0 Å². The number of hydrogen-bond acceptors (Lipinski definition) is 6. The highest BCUT2D eigenvalue weighted by Crippen LogP contribution is 2.39. The molecule has 2 aromatic rings. The zero-order valence-electron chi connectivity index (χ0n) is 10.6. The van der Waals surface area contributed by atoms with E-state index in [2.05, 4.69) is 25.9 Å². The van der Waals surface area contributed by atoms with Crippen molar-refractivity contribution in [1.82, 2.24) is 14.5 Å². The third kappa shape index (κ3) is 2.25. The number of nitrogens with one attached hydrogen (secondary N) is 1. The van der Waals surface area contributed by atoms with E-state index < -0.39 is 24.0 Å². The van der Waals surface area contributed by atoms with Gasteiger partial charge in [0.15, 0.2) is 5.65 Å². The number of aromatic amines is 1. The lowest BCUT2D eigenvalue weighted by atomic mass is 10.2. The Balaban J connectivity index is 2.20. The van der Waals surface area contributed by atoms with Gasteiger partial charge in [-0.25, -0.2) is 0 Å². The molecule has 2 aromatic heterocycles. The Hall–Kier alpha value is -1.13. The first-order valence-electron chi connectivity index (χ1n) is 6.13. The lowest BCUT2D eigenvalue weighted by Gasteiger charge is -2.15. The van der Waals surface area contributed by atoms with Crippen molar-refractivity contribution < 1.29 is 14.9 Å². The van der Waals surface area contributed by atoms with Crippen LogP contribution in [0.1, 0.15) is 12.6 Å². The van der Waals surface area contributed by atoms with Crippen molar-refractivity contribution in [3.05, 3.63) is 20.0 Å². The fourth-order valence-corrected chi connectivity index (χ4v) is 3.28. The number of nitrogens with two attached hydrogens (primary N) is 1. The van der Waals surface area contributed by atoms with Crippen LogP contribution in [0.5, 0.6) is 0 Å². The second-order valence-corrected chi connectivity index (χ2v) is 5.89. The van der Waals surface area contributed by atoms with Gasteiger partial charge in [0.25, 0.3) is 5.56 Å². The summed E-state index contributed by atoms with van der Waals surface area (Å²) in [5.41, 5.74) is 5.39. The lowest BCUT2D eigenvalue weighted by Crippen LogP contribution is -2.24. The van der Waals surface area contributed by atoms with Crippen molar-refractivity contribution in [1.29, 1.82) is 0 Å². The van der Waals surface area contributed by atoms with E-state index in [1.54, 1.807) is 0 Å². The number of hydrogen-bond donors (Lipinski definition) is 4. The summed E-state index contributed by atoms with van der Waals surface area (Å²) in [5, 5.41) is 19.4. The number of anilines is 1. The third-order valence-electron chi connectivity index (χ3n) is 3.43. The Morgan fingerprint density at radius 1 is 1.62 bits per heavy atom. The fourth-order valence-electron chi connectivity index (χ4n) is 2.45. The van der Waals surface area contributed by atoms with Crippen LogP contribution < -0.4 is 11.3 Å². The average Bonchev–Trinajstić information content (AvgIpc) is 2.89. The van der Waals surface area contributed by atoms with E-state index in [0.29, 0.717) is 4.47 Å². The first kappa shape index (κ1) is 14.8. The monoisotopic (exact) mass is 378 g/mol. The maximum Gasteiger partial charge on any atom is 0.263 e. The normalized spacial score (nSPS) is 25.8. The molecule has 21 heavy (non-hydrogen) atoms. The van der Waals surface area contributed by atoms with E-state index in [4.69, 9.17) is 27.2 Å². The third-order valence-corrected chi connectivity index (χ3v) is 4.80. The predicted octanol–water partition coefficient (Wildman–Crippen LogP) is 0.363. The molecule has 3 rings (SSSR count). The van der Waals surface area contributed by atoms with E-state index in [-0.39, 0.29) is 35.2 Å². The zero-order valence-corrected chi connectivity index (χ0v) is 12.9. The molecule has 3 atom stereocenters. The maximum absolute atomic E-state index is 12.0. The number of nitrogen functional groups attached to an aromatic ring is 1. The number of fused-ring (bicyclic) bond motifs is 1. The van der Waals surface area contributed by atoms with E-state index in [9.17, 15) is 9.90 Å². The van der Waals surface area contributed by atoms with Gasteiger partial charge in [-0.05, 0) is 15.9 Å². The first-order valence-corrected chi connectivity index (χ1v) is 7.30. The molecule has 1 aliphatic rings. The number of rotatable bonds is 2. The molecule has 0 radical (unpaired) electrons. The van der Waals surface area contributed by atoms with Crippen molar-refractivity contribution in [2.75, 3.05) is 12.3 Å². The molecule has 114 valence electrons. The molecule has 5 N–H and O–H groups in total. The van der Waals surface area contributed by atoms with Gasteiger partial charge in [0.05, 0.1) is 17.2 Å². The minimum absolute atomic E-state index is 0.0485.